The lowest BCUT2D eigenvalue weighted by Crippen LogP contribution is -2.15. The smallest absolute Gasteiger partial charge is 0.122 e. The van der Waals surface area contributed by atoms with Gasteiger partial charge in [-0.1, -0.05) is 35.7 Å². The number of hydrogen-bond donors (Lipinski definition) is 1. The van der Waals surface area contributed by atoms with Crippen molar-refractivity contribution >= 4 is 15.9 Å². The quantitative estimate of drug-likeness (QED) is 0.575. The summed E-state index contributed by atoms with van der Waals surface area (Å²) in [4.78, 5) is 0. The maximum absolute atomic E-state index is 5.68. The highest BCUT2D eigenvalue weighted by atomic mass is 79.9. The standard InChI is InChI=1S/C17H28BrNO/c1-3-12-19-13-8-6-5-7-9-15-14-16(18)10-11-17(15)20-4-2/h10-11,14,19H,3-9,12-13H2,1-2H3. The maximum atomic E-state index is 5.68. The predicted octanol–water partition coefficient (Wildman–Crippen LogP) is 4.95. The van der Waals surface area contributed by atoms with E-state index in [1.54, 1.807) is 0 Å². The summed E-state index contributed by atoms with van der Waals surface area (Å²) in [6, 6.07) is 6.30. The van der Waals surface area contributed by atoms with E-state index in [4.69, 9.17) is 4.74 Å². The molecule has 1 rings (SSSR count). The lowest BCUT2D eigenvalue weighted by molar-refractivity contribution is 0.336. The zero-order valence-electron chi connectivity index (χ0n) is 12.9. The van der Waals surface area contributed by atoms with Gasteiger partial charge in [-0.25, -0.2) is 0 Å². The van der Waals surface area contributed by atoms with Gasteiger partial charge in [0.1, 0.15) is 5.75 Å². The molecule has 0 aliphatic carbocycles. The summed E-state index contributed by atoms with van der Waals surface area (Å²) in [5.74, 6) is 1.04. The van der Waals surface area contributed by atoms with Crippen LogP contribution < -0.4 is 10.1 Å². The van der Waals surface area contributed by atoms with Gasteiger partial charge in [0, 0.05) is 4.47 Å². The van der Waals surface area contributed by atoms with Crippen LogP contribution in [0.15, 0.2) is 22.7 Å². The summed E-state index contributed by atoms with van der Waals surface area (Å²) in [6.07, 6.45) is 7.47. The maximum Gasteiger partial charge on any atom is 0.122 e. The highest BCUT2D eigenvalue weighted by molar-refractivity contribution is 9.10. The van der Waals surface area contributed by atoms with Crippen LogP contribution in [-0.2, 0) is 6.42 Å². The first-order valence-corrected chi connectivity index (χ1v) is 8.69. The lowest BCUT2D eigenvalue weighted by Gasteiger charge is -2.10. The van der Waals surface area contributed by atoms with Crippen molar-refractivity contribution in [1.82, 2.24) is 5.32 Å². The van der Waals surface area contributed by atoms with Crippen LogP contribution in [0.5, 0.6) is 5.75 Å². The van der Waals surface area contributed by atoms with E-state index in [-0.39, 0.29) is 0 Å². The molecule has 0 unspecified atom stereocenters. The van der Waals surface area contributed by atoms with Crippen molar-refractivity contribution in [3.05, 3.63) is 28.2 Å². The minimum absolute atomic E-state index is 0.734. The van der Waals surface area contributed by atoms with Crippen molar-refractivity contribution in [3.63, 3.8) is 0 Å². The predicted molar refractivity (Wildman–Crippen MR) is 90.6 cm³/mol. The average Bonchev–Trinajstić information content (AvgIpc) is 2.44. The third-order valence-electron chi connectivity index (χ3n) is 3.30. The first-order chi connectivity index (χ1) is 9.77. The van der Waals surface area contributed by atoms with Crippen LogP contribution in [0.2, 0.25) is 0 Å². The summed E-state index contributed by atoms with van der Waals surface area (Å²) in [5, 5.41) is 3.45. The molecule has 0 bridgehead atoms. The molecule has 20 heavy (non-hydrogen) atoms. The van der Waals surface area contributed by atoms with Crippen molar-refractivity contribution in [2.45, 2.75) is 52.4 Å². The first-order valence-electron chi connectivity index (χ1n) is 7.89. The zero-order chi connectivity index (χ0) is 14.6. The van der Waals surface area contributed by atoms with Gasteiger partial charge in [-0.15, -0.1) is 0 Å². The van der Waals surface area contributed by atoms with Crippen LogP contribution >= 0.6 is 15.9 Å². The Morgan fingerprint density at radius 3 is 2.60 bits per heavy atom. The van der Waals surface area contributed by atoms with Gasteiger partial charge in [0.05, 0.1) is 6.61 Å². The molecule has 0 saturated heterocycles. The second kappa shape index (κ2) is 11.2. The van der Waals surface area contributed by atoms with Crippen molar-refractivity contribution in [2.75, 3.05) is 19.7 Å². The number of halogens is 1. The molecule has 114 valence electrons. The molecule has 0 spiro atoms. The fourth-order valence-corrected chi connectivity index (χ4v) is 2.67. The monoisotopic (exact) mass is 341 g/mol. The van der Waals surface area contributed by atoms with Crippen molar-refractivity contribution in [2.24, 2.45) is 0 Å². The molecular weight excluding hydrogens is 314 g/mol. The second-order valence-corrected chi connectivity index (χ2v) is 6.01. The van der Waals surface area contributed by atoms with Gasteiger partial charge in [0.2, 0.25) is 0 Å². The Hall–Kier alpha value is -0.540. The van der Waals surface area contributed by atoms with Crippen LogP contribution in [0.25, 0.3) is 0 Å². The number of hydrogen-bond acceptors (Lipinski definition) is 2. The fraction of sp³-hybridized carbons (Fsp3) is 0.647. The van der Waals surface area contributed by atoms with E-state index in [1.165, 1.54) is 37.7 Å². The van der Waals surface area contributed by atoms with E-state index >= 15 is 0 Å². The third-order valence-corrected chi connectivity index (χ3v) is 3.79. The second-order valence-electron chi connectivity index (χ2n) is 5.10. The molecule has 0 fully saturated rings. The summed E-state index contributed by atoms with van der Waals surface area (Å²) in [5.41, 5.74) is 1.32. The van der Waals surface area contributed by atoms with E-state index in [9.17, 15) is 0 Å². The van der Waals surface area contributed by atoms with Crippen LogP contribution in [0.1, 0.15) is 51.5 Å². The molecule has 0 heterocycles. The van der Waals surface area contributed by atoms with Crippen molar-refractivity contribution < 1.29 is 4.74 Å². The molecular formula is C17H28BrNO. The Labute approximate surface area is 132 Å². The van der Waals surface area contributed by atoms with Gasteiger partial charge in [-0.05, 0) is 69.5 Å². The van der Waals surface area contributed by atoms with E-state index in [0.29, 0.717) is 0 Å². The Morgan fingerprint density at radius 2 is 1.85 bits per heavy atom. The van der Waals surface area contributed by atoms with Crippen LogP contribution in [0.4, 0.5) is 0 Å². The average molecular weight is 342 g/mol. The number of ether oxygens (including phenoxy) is 1. The Morgan fingerprint density at radius 1 is 1.05 bits per heavy atom. The molecule has 1 aromatic rings. The lowest BCUT2D eigenvalue weighted by atomic mass is 10.1. The van der Waals surface area contributed by atoms with E-state index in [1.807, 2.05) is 13.0 Å². The largest absolute Gasteiger partial charge is 0.494 e. The van der Waals surface area contributed by atoms with Gasteiger partial charge in [0.15, 0.2) is 0 Å². The van der Waals surface area contributed by atoms with Gasteiger partial charge in [-0.2, -0.15) is 0 Å². The molecule has 0 aliphatic heterocycles. The number of unbranched alkanes of at least 4 members (excludes halogenated alkanes) is 3. The fourth-order valence-electron chi connectivity index (χ4n) is 2.26. The van der Waals surface area contributed by atoms with Crippen molar-refractivity contribution in [3.8, 4) is 5.75 Å². The van der Waals surface area contributed by atoms with Crippen LogP contribution in [-0.4, -0.2) is 19.7 Å². The Bertz CT molecular complexity index is 368. The molecule has 0 aliphatic rings. The van der Waals surface area contributed by atoms with Crippen LogP contribution in [0.3, 0.4) is 0 Å². The minimum Gasteiger partial charge on any atom is -0.494 e. The Balaban J connectivity index is 2.22. The van der Waals surface area contributed by atoms with E-state index in [0.717, 1.165) is 36.3 Å². The van der Waals surface area contributed by atoms with E-state index < -0.39 is 0 Å². The summed E-state index contributed by atoms with van der Waals surface area (Å²) in [7, 11) is 0. The molecule has 0 atom stereocenters. The number of aryl methyl sites for hydroxylation is 1. The topological polar surface area (TPSA) is 21.3 Å². The number of nitrogens with one attached hydrogen (secondary N) is 1. The van der Waals surface area contributed by atoms with Crippen LogP contribution in [0, 0.1) is 0 Å². The van der Waals surface area contributed by atoms with Crippen molar-refractivity contribution in [1.29, 1.82) is 0 Å². The zero-order valence-corrected chi connectivity index (χ0v) is 14.5. The van der Waals surface area contributed by atoms with Gasteiger partial charge >= 0.3 is 0 Å². The third kappa shape index (κ3) is 7.30. The SMILES string of the molecule is CCCNCCCCCCc1cc(Br)ccc1OCC. The molecule has 1 N–H and O–H groups in total. The molecule has 0 aromatic heterocycles. The molecule has 2 nitrogen and oxygen atoms in total. The summed E-state index contributed by atoms with van der Waals surface area (Å²) < 4.78 is 6.82. The van der Waals surface area contributed by atoms with Gasteiger partial charge in [0.25, 0.3) is 0 Å². The minimum atomic E-state index is 0.734. The molecule has 0 amide bonds. The normalized spacial score (nSPS) is 10.8. The molecule has 1 aromatic carbocycles. The highest BCUT2D eigenvalue weighted by Crippen LogP contribution is 2.25. The molecule has 0 radical (unpaired) electrons. The summed E-state index contributed by atoms with van der Waals surface area (Å²) in [6.45, 7) is 7.29. The highest BCUT2D eigenvalue weighted by Gasteiger charge is 2.04. The molecule has 0 saturated carbocycles. The number of benzene rings is 1. The van der Waals surface area contributed by atoms with E-state index in [2.05, 4.69) is 40.3 Å². The summed E-state index contributed by atoms with van der Waals surface area (Å²) >= 11 is 3.54. The number of rotatable bonds is 11. The van der Waals surface area contributed by atoms with Gasteiger partial charge in [-0.3, -0.25) is 0 Å². The molecule has 3 heteroatoms. The first kappa shape index (κ1) is 17.5. The Kier molecular flexibility index (Phi) is 9.77. The van der Waals surface area contributed by atoms with Gasteiger partial charge < -0.3 is 10.1 Å².